The average molecular weight is 541 g/mol. The van der Waals surface area contributed by atoms with Crippen molar-refractivity contribution < 1.29 is 22.3 Å². The highest BCUT2D eigenvalue weighted by atomic mass is 35.5. The molecule has 4 rings (SSSR count). The van der Waals surface area contributed by atoms with Crippen molar-refractivity contribution in [3.05, 3.63) is 106 Å². The van der Waals surface area contributed by atoms with Gasteiger partial charge in [-0.15, -0.1) is 0 Å². The van der Waals surface area contributed by atoms with Crippen LogP contribution in [0.25, 0.3) is 17.0 Å². The number of hydrogen-bond acceptors (Lipinski definition) is 4. The highest BCUT2D eigenvalue weighted by Crippen LogP contribution is 2.28. The summed E-state index contributed by atoms with van der Waals surface area (Å²) in [5.74, 6) is -0.912. The largest absolute Gasteiger partial charge is 0.410 e. The monoisotopic (exact) mass is 540 g/mol. The van der Waals surface area contributed by atoms with Gasteiger partial charge in [0.1, 0.15) is 0 Å². The van der Waals surface area contributed by atoms with Crippen LogP contribution in [0, 0.1) is 5.82 Å². The van der Waals surface area contributed by atoms with Gasteiger partial charge in [0.05, 0.1) is 11.3 Å². The Morgan fingerprint density at radius 2 is 1.81 bits per heavy atom. The van der Waals surface area contributed by atoms with E-state index in [0.29, 0.717) is 33.1 Å². The summed E-state index contributed by atoms with van der Waals surface area (Å²) in [6, 6.07) is 18.7. The molecule has 0 unspecified atom stereocenters. The number of ether oxygens (including phenoxy) is 1. The SMILES string of the molecule is CC(C)c1ccc(C=CCS(=O)(=O)n2c(Cc3ccc(OC(N)=O)c(F)c3)cc3cc(Cl)ccc32)cc1. The normalized spacial score (nSPS) is 12.0. The number of halogens is 2. The number of carbonyl (C=O) groups is 1. The molecular formula is C28H26ClFN2O4S. The van der Waals surface area contributed by atoms with E-state index in [1.807, 2.05) is 24.3 Å². The van der Waals surface area contributed by atoms with Gasteiger partial charge >= 0.3 is 6.09 Å². The lowest BCUT2D eigenvalue weighted by atomic mass is 10.0. The summed E-state index contributed by atoms with van der Waals surface area (Å²) in [5, 5.41) is 1.12. The molecule has 0 aliphatic rings. The molecule has 0 atom stereocenters. The minimum atomic E-state index is -3.83. The first-order chi connectivity index (χ1) is 17.5. The lowest BCUT2D eigenvalue weighted by molar-refractivity contribution is 0.208. The van der Waals surface area contributed by atoms with Crippen LogP contribution in [0.5, 0.6) is 5.75 Å². The zero-order chi connectivity index (χ0) is 26.7. The van der Waals surface area contributed by atoms with E-state index in [1.54, 1.807) is 42.5 Å². The molecule has 0 radical (unpaired) electrons. The van der Waals surface area contributed by atoms with Crippen molar-refractivity contribution in [2.45, 2.75) is 26.2 Å². The van der Waals surface area contributed by atoms with Crippen molar-refractivity contribution in [3.8, 4) is 5.75 Å². The number of carbonyl (C=O) groups excluding carboxylic acids is 1. The van der Waals surface area contributed by atoms with Crippen molar-refractivity contribution >= 4 is 44.7 Å². The van der Waals surface area contributed by atoms with Crippen LogP contribution in [0.3, 0.4) is 0 Å². The average Bonchev–Trinajstić information content (AvgIpc) is 3.18. The highest BCUT2D eigenvalue weighted by molar-refractivity contribution is 7.90. The van der Waals surface area contributed by atoms with Crippen molar-refractivity contribution in [1.82, 2.24) is 3.97 Å². The lowest BCUT2D eigenvalue weighted by Gasteiger charge is -2.12. The van der Waals surface area contributed by atoms with Crippen molar-refractivity contribution in [2.75, 3.05) is 5.75 Å². The van der Waals surface area contributed by atoms with Gasteiger partial charge in [-0.05, 0) is 59.0 Å². The summed E-state index contributed by atoms with van der Waals surface area (Å²) in [7, 11) is -3.83. The lowest BCUT2D eigenvalue weighted by Crippen LogP contribution is -2.18. The number of hydrogen-bond donors (Lipinski definition) is 1. The second kappa shape index (κ2) is 10.8. The van der Waals surface area contributed by atoms with E-state index < -0.39 is 21.9 Å². The predicted molar refractivity (Wildman–Crippen MR) is 145 cm³/mol. The van der Waals surface area contributed by atoms with E-state index in [0.717, 1.165) is 5.56 Å². The predicted octanol–water partition coefficient (Wildman–Crippen LogP) is 6.50. The number of primary amides is 1. The molecule has 0 aliphatic carbocycles. The number of aromatic nitrogens is 1. The van der Waals surface area contributed by atoms with Crippen molar-refractivity contribution in [2.24, 2.45) is 5.73 Å². The fourth-order valence-electron chi connectivity index (χ4n) is 4.10. The third-order valence-corrected chi connectivity index (χ3v) is 7.72. The minimum absolute atomic E-state index is 0.111. The van der Waals surface area contributed by atoms with Crippen LogP contribution in [0.1, 0.15) is 42.1 Å². The number of amides is 1. The maximum Gasteiger partial charge on any atom is 0.410 e. The third kappa shape index (κ3) is 6.21. The highest BCUT2D eigenvalue weighted by Gasteiger charge is 2.21. The Kier molecular flexibility index (Phi) is 7.71. The zero-order valence-corrected chi connectivity index (χ0v) is 21.9. The van der Waals surface area contributed by atoms with Crippen LogP contribution >= 0.6 is 11.6 Å². The first kappa shape index (κ1) is 26.4. The maximum absolute atomic E-state index is 14.4. The summed E-state index contributed by atoms with van der Waals surface area (Å²) in [6.45, 7) is 4.22. The van der Waals surface area contributed by atoms with E-state index in [2.05, 4.69) is 18.6 Å². The molecular weight excluding hydrogens is 515 g/mol. The van der Waals surface area contributed by atoms with E-state index in [1.165, 1.54) is 21.7 Å². The van der Waals surface area contributed by atoms with Crippen LogP contribution in [-0.4, -0.2) is 24.2 Å². The number of fused-ring (bicyclic) bond motifs is 1. The summed E-state index contributed by atoms with van der Waals surface area (Å²) < 4.78 is 47.3. The molecule has 4 aromatic rings. The van der Waals surface area contributed by atoms with E-state index in [9.17, 15) is 17.6 Å². The Morgan fingerprint density at radius 1 is 1.08 bits per heavy atom. The molecule has 3 aromatic carbocycles. The van der Waals surface area contributed by atoms with Gasteiger partial charge < -0.3 is 10.5 Å². The molecule has 1 heterocycles. The number of benzene rings is 3. The van der Waals surface area contributed by atoms with Crippen LogP contribution in [-0.2, 0) is 16.4 Å². The van der Waals surface area contributed by atoms with Crippen LogP contribution < -0.4 is 10.5 Å². The van der Waals surface area contributed by atoms with Crippen molar-refractivity contribution in [1.29, 1.82) is 0 Å². The Bertz CT molecular complexity index is 1590. The maximum atomic E-state index is 14.4. The second-order valence-electron chi connectivity index (χ2n) is 8.97. The Labute approximate surface area is 220 Å². The van der Waals surface area contributed by atoms with Gasteiger partial charge in [-0.1, -0.05) is 67.9 Å². The molecule has 192 valence electrons. The Hall–Kier alpha value is -3.62. The Morgan fingerprint density at radius 3 is 2.46 bits per heavy atom. The number of rotatable bonds is 8. The molecule has 9 heteroatoms. The van der Waals surface area contributed by atoms with Gasteiger partial charge in [0.2, 0.25) is 10.0 Å². The molecule has 1 aromatic heterocycles. The standard InChI is InChI=1S/C28H26ClFN2O4S/c1-18(2)21-8-5-19(6-9-21)4-3-13-37(34,35)32-24(17-22-16-23(29)10-11-26(22)32)14-20-7-12-27(25(30)15-20)36-28(31)33/h3-12,15-18H,13-14H2,1-2H3,(H2,31,33). The molecule has 37 heavy (non-hydrogen) atoms. The molecule has 6 nitrogen and oxygen atoms in total. The number of nitrogens with two attached hydrogens (primary N) is 1. The molecule has 0 saturated carbocycles. The number of nitrogens with zero attached hydrogens (tertiary/aromatic N) is 1. The minimum Gasteiger partial charge on any atom is -0.407 e. The Balaban J connectivity index is 1.66. The van der Waals surface area contributed by atoms with Crippen LogP contribution in [0.2, 0.25) is 5.02 Å². The molecule has 2 N–H and O–H groups in total. The molecule has 0 bridgehead atoms. The van der Waals surface area contributed by atoms with Gasteiger partial charge in [-0.3, -0.25) is 0 Å². The topological polar surface area (TPSA) is 91.4 Å². The summed E-state index contributed by atoms with van der Waals surface area (Å²) in [4.78, 5) is 10.9. The van der Waals surface area contributed by atoms with Gasteiger partial charge in [-0.25, -0.2) is 21.6 Å². The second-order valence-corrected chi connectivity index (χ2v) is 11.3. The third-order valence-electron chi connectivity index (χ3n) is 5.88. The fraction of sp³-hybridized carbons (Fsp3) is 0.179. The van der Waals surface area contributed by atoms with Gasteiger partial charge in [0.15, 0.2) is 11.6 Å². The van der Waals surface area contributed by atoms with E-state index in [-0.39, 0.29) is 17.9 Å². The summed E-state index contributed by atoms with van der Waals surface area (Å²) in [5.41, 5.74) is 8.47. The quantitative estimate of drug-likeness (QED) is 0.276. The summed E-state index contributed by atoms with van der Waals surface area (Å²) >= 11 is 6.15. The molecule has 0 fully saturated rings. The van der Waals surface area contributed by atoms with E-state index in [4.69, 9.17) is 17.3 Å². The van der Waals surface area contributed by atoms with Gasteiger partial charge in [-0.2, -0.15) is 0 Å². The van der Waals surface area contributed by atoms with Crippen LogP contribution in [0.4, 0.5) is 9.18 Å². The van der Waals surface area contributed by atoms with Gasteiger partial charge in [0.25, 0.3) is 0 Å². The van der Waals surface area contributed by atoms with Crippen LogP contribution in [0.15, 0.2) is 72.8 Å². The molecule has 0 aliphatic heterocycles. The smallest absolute Gasteiger partial charge is 0.407 e. The molecule has 0 saturated heterocycles. The van der Waals surface area contributed by atoms with Gasteiger partial charge in [0, 0.05) is 22.5 Å². The molecule has 1 amide bonds. The first-order valence-electron chi connectivity index (χ1n) is 11.6. The fourth-order valence-corrected chi connectivity index (χ4v) is 5.71. The first-order valence-corrected chi connectivity index (χ1v) is 13.6. The van der Waals surface area contributed by atoms with E-state index >= 15 is 0 Å². The zero-order valence-electron chi connectivity index (χ0n) is 20.3. The van der Waals surface area contributed by atoms with Crippen molar-refractivity contribution in [3.63, 3.8) is 0 Å². The summed E-state index contributed by atoms with van der Waals surface area (Å²) in [6.07, 6.45) is 2.37. The molecule has 0 spiro atoms.